The van der Waals surface area contributed by atoms with Crippen LogP contribution in [0.3, 0.4) is 0 Å². The molecule has 1 atom stereocenters. The summed E-state index contributed by atoms with van der Waals surface area (Å²) >= 11 is 6.09. The van der Waals surface area contributed by atoms with Crippen molar-refractivity contribution in [1.82, 2.24) is 9.80 Å². The molecule has 0 unspecified atom stereocenters. The Kier molecular flexibility index (Phi) is 8.88. The molecule has 0 bridgehead atoms. The Bertz CT molecular complexity index is 836. The molecular weight excluding hydrogens is 416 g/mol. The van der Waals surface area contributed by atoms with E-state index in [4.69, 9.17) is 21.1 Å². The fourth-order valence-electron chi connectivity index (χ4n) is 3.69. The Morgan fingerprint density at radius 1 is 0.935 bits per heavy atom. The summed E-state index contributed by atoms with van der Waals surface area (Å²) in [6, 6.07) is 18.4. The van der Waals surface area contributed by atoms with Crippen molar-refractivity contribution in [3.05, 3.63) is 70.7 Å². The van der Waals surface area contributed by atoms with Gasteiger partial charge in [-0.05, 0) is 29.7 Å². The number of carbonyl (C=O) groups is 2. The van der Waals surface area contributed by atoms with Gasteiger partial charge in [-0.1, -0.05) is 61.0 Å². The van der Waals surface area contributed by atoms with E-state index < -0.39 is 5.97 Å². The van der Waals surface area contributed by atoms with E-state index in [9.17, 15) is 9.59 Å². The fraction of sp³-hybridized carbons (Fsp3) is 0.417. The molecule has 7 heteroatoms. The Morgan fingerprint density at radius 2 is 1.58 bits per heavy atom. The van der Waals surface area contributed by atoms with Crippen LogP contribution >= 0.6 is 11.6 Å². The zero-order valence-corrected chi connectivity index (χ0v) is 18.6. The molecule has 0 saturated carbocycles. The van der Waals surface area contributed by atoms with Crippen LogP contribution in [0, 0.1) is 0 Å². The zero-order chi connectivity index (χ0) is 22.1. The summed E-state index contributed by atoms with van der Waals surface area (Å²) < 4.78 is 10.2. The molecule has 1 heterocycles. The van der Waals surface area contributed by atoms with Crippen LogP contribution in [-0.4, -0.2) is 67.7 Å². The minimum absolute atomic E-state index is 0.0975. The van der Waals surface area contributed by atoms with Crippen molar-refractivity contribution >= 4 is 23.5 Å². The average Bonchev–Trinajstić information content (AvgIpc) is 2.80. The van der Waals surface area contributed by atoms with Crippen molar-refractivity contribution < 1.29 is 19.1 Å². The number of esters is 1. The van der Waals surface area contributed by atoms with Gasteiger partial charge in [0.05, 0.1) is 12.6 Å². The number of halogens is 1. The molecule has 0 radical (unpaired) electrons. The highest BCUT2D eigenvalue weighted by molar-refractivity contribution is 6.30. The van der Waals surface area contributed by atoms with Gasteiger partial charge in [0.25, 0.3) is 0 Å². The number of hydrogen-bond acceptors (Lipinski definition) is 5. The summed E-state index contributed by atoms with van der Waals surface area (Å²) in [6.45, 7) is 4.69. The summed E-state index contributed by atoms with van der Waals surface area (Å²) in [6.07, 6.45) is 0.759. The van der Waals surface area contributed by atoms with Crippen LogP contribution in [0.1, 0.15) is 30.5 Å². The number of amides is 1. The second-order valence-corrected chi connectivity index (χ2v) is 7.93. The van der Waals surface area contributed by atoms with Gasteiger partial charge in [0.2, 0.25) is 5.91 Å². The first-order chi connectivity index (χ1) is 15.1. The smallest absolute Gasteiger partial charge is 0.332 e. The number of carbonyl (C=O) groups excluding carboxylic acids is 2. The van der Waals surface area contributed by atoms with E-state index in [0.29, 0.717) is 24.7 Å². The summed E-state index contributed by atoms with van der Waals surface area (Å²) in [5.41, 5.74) is 2.38. The zero-order valence-electron chi connectivity index (χ0n) is 17.8. The normalized spacial score (nSPS) is 15.5. The third kappa shape index (κ3) is 6.79. The van der Waals surface area contributed by atoms with E-state index in [1.807, 2.05) is 37.3 Å². The van der Waals surface area contributed by atoms with Gasteiger partial charge in [-0.15, -0.1) is 0 Å². The maximum absolute atomic E-state index is 12.5. The molecule has 0 aromatic heterocycles. The minimum Gasteiger partial charge on any atom is -0.464 e. The number of benzene rings is 2. The van der Waals surface area contributed by atoms with E-state index >= 15 is 0 Å². The standard InChI is InChI=1S/C24H29ClN2O4/c1-2-16-31-23(29)18-30-17-22(28)26-12-14-27(15-13-26)24(19-6-4-3-5-7-19)20-8-10-21(25)11-9-20/h3-11,24H,2,12-18H2,1H3/t24-/m1/s1. The highest BCUT2D eigenvalue weighted by atomic mass is 35.5. The first kappa shape index (κ1) is 23.3. The fourth-order valence-corrected chi connectivity index (χ4v) is 3.82. The van der Waals surface area contributed by atoms with Gasteiger partial charge in [-0.3, -0.25) is 9.69 Å². The van der Waals surface area contributed by atoms with Gasteiger partial charge >= 0.3 is 5.97 Å². The second kappa shape index (κ2) is 11.8. The molecule has 1 aliphatic heterocycles. The van der Waals surface area contributed by atoms with Gasteiger partial charge in [-0.25, -0.2) is 4.79 Å². The quantitative estimate of drug-likeness (QED) is 0.553. The van der Waals surface area contributed by atoms with E-state index in [0.717, 1.165) is 19.5 Å². The van der Waals surface area contributed by atoms with Crippen LogP contribution in [0.15, 0.2) is 54.6 Å². The predicted molar refractivity (Wildman–Crippen MR) is 120 cm³/mol. The molecule has 6 nitrogen and oxygen atoms in total. The van der Waals surface area contributed by atoms with Crippen molar-refractivity contribution in [3.63, 3.8) is 0 Å². The highest BCUT2D eigenvalue weighted by Gasteiger charge is 2.28. The maximum Gasteiger partial charge on any atom is 0.332 e. The molecule has 2 aromatic rings. The molecule has 2 aromatic carbocycles. The molecule has 1 fully saturated rings. The molecule has 3 rings (SSSR count). The van der Waals surface area contributed by atoms with Crippen molar-refractivity contribution in [2.45, 2.75) is 19.4 Å². The van der Waals surface area contributed by atoms with Crippen molar-refractivity contribution in [2.75, 3.05) is 46.0 Å². The van der Waals surface area contributed by atoms with Crippen LogP contribution in [0.2, 0.25) is 5.02 Å². The molecule has 1 amide bonds. The second-order valence-electron chi connectivity index (χ2n) is 7.49. The van der Waals surface area contributed by atoms with E-state index in [1.165, 1.54) is 11.1 Å². The van der Waals surface area contributed by atoms with Gasteiger partial charge < -0.3 is 14.4 Å². The minimum atomic E-state index is -0.437. The number of hydrogen-bond donors (Lipinski definition) is 0. The van der Waals surface area contributed by atoms with E-state index in [-0.39, 0.29) is 25.2 Å². The van der Waals surface area contributed by atoms with Crippen LogP contribution in [0.4, 0.5) is 0 Å². The highest BCUT2D eigenvalue weighted by Crippen LogP contribution is 2.30. The molecule has 31 heavy (non-hydrogen) atoms. The third-order valence-electron chi connectivity index (χ3n) is 5.25. The summed E-state index contributed by atoms with van der Waals surface area (Å²) in [5, 5.41) is 0.713. The Morgan fingerprint density at radius 3 is 2.23 bits per heavy atom. The molecule has 166 valence electrons. The summed E-state index contributed by atoms with van der Waals surface area (Å²) in [4.78, 5) is 28.1. The molecular formula is C24H29ClN2O4. The summed E-state index contributed by atoms with van der Waals surface area (Å²) in [5.74, 6) is -0.543. The van der Waals surface area contributed by atoms with Gasteiger partial charge in [-0.2, -0.15) is 0 Å². The third-order valence-corrected chi connectivity index (χ3v) is 5.50. The number of rotatable bonds is 9. The van der Waals surface area contributed by atoms with Gasteiger partial charge in [0, 0.05) is 31.2 Å². The van der Waals surface area contributed by atoms with Crippen molar-refractivity contribution in [2.24, 2.45) is 0 Å². The summed E-state index contributed by atoms with van der Waals surface area (Å²) in [7, 11) is 0. The van der Waals surface area contributed by atoms with Gasteiger partial charge in [0.15, 0.2) is 0 Å². The van der Waals surface area contributed by atoms with Gasteiger partial charge in [0.1, 0.15) is 13.2 Å². The van der Waals surface area contributed by atoms with Crippen LogP contribution < -0.4 is 0 Å². The number of piperazine rings is 1. The van der Waals surface area contributed by atoms with E-state index in [1.54, 1.807) is 4.90 Å². The topological polar surface area (TPSA) is 59.1 Å². The van der Waals surface area contributed by atoms with Crippen LogP contribution in [0.5, 0.6) is 0 Å². The van der Waals surface area contributed by atoms with Crippen molar-refractivity contribution in [1.29, 1.82) is 0 Å². The molecule has 1 saturated heterocycles. The first-order valence-electron chi connectivity index (χ1n) is 10.6. The Hall–Kier alpha value is -2.41. The average molecular weight is 445 g/mol. The van der Waals surface area contributed by atoms with Crippen molar-refractivity contribution in [3.8, 4) is 0 Å². The monoisotopic (exact) mass is 444 g/mol. The lowest BCUT2D eigenvalue weighted by molar-refractivity contribution is -0.151. The lowest BCUT2D eigenvalue weighted by Gasteiger charge is -2.39. The van der Waals surface area contributed by atoms with E-state index in [2.05, 4.69) is 29.2 Å². The Balaban J connectivity index is 1.56. The predicted octanol–water partition coefficient (Wildman–Crippen LogP) is 3.54. The lowest BCUT2D eigenvalue weighted by Crippen LogP contribution is -2.50. The number of nitrogens with zero attached hydrogens (tertiary/aromatic N) is 2. The van der Waals surface area contributed by atoms with Crippen LogP contribution in [-0.2, 0) is 19.1 Å². The molecule has 0 N–H and O–H groups in total. The number of ether oxygens (including phenoxy) is 2. The first-order valence-corrected chi connectivity index (χ1v) is 11.0. The molecule has 0 spiro atoms. The molecule has 0 aliphatic carbocycles. The van der Waals surface area contributed by atoms with Crippen LogP contribution in [0.25, 0.3) is 0 Å². The lowest BCUT2D eigenvalue weighted by atomic mass is 9.96. The SMILES string of the molecule is CCCOC(=O)COCC(=O)N1CCN([C@H](c2ccccc2)c2ccc(Cl)cc2)CC1. The molecule has 1 aliphatic rings. The largest absolute Gasteiger partial charge is 0.464 e. The Labute approximate surface area is 188 Å². The maximum atomic E-state index is 12.5.